The van der Waals surface area contributed by atoms with Crippen LogP contribution in [-0.4, -0.2) is 42.5 Å². The van der Waals surface area contributed by atoms with Gasteiger partial charge in [-0.1, -0.05) is 18.2 Å². The van der Waals surface area contributed by atoms with Crippen LogP contribution in [-0.2, 0) is 6.42 Å². The number of benzene rings is 1. The Balaban J connectivity index is 1.96. The normalized spacial score (nSPS) is 16.9. The predicted molar refractivity (Wildman–Crippen MR) is 66.1 cm³/mol. The van der Waals surface area contributed by atoms with E-state index in [-0.39, 0.29) is 10.6 Å². The zero-order valence-corrected chi connectivity index (χ0v) is 9.76. The summed E-state index contributed by atoms with van der Waals surface area (Å²) in [6, 6.07) is 7.00. The van der Waals surface area contributed by atoms with Gasteiger partial charge in [-0.3, -0.25) is 10.1 Å². The number of nitro groups is 1. The third kappa shape index (κ3) is 3.25. The van der Waals surface area contributed by atoms with Gasteiger partial charge in [0.25, 0.3) is 5.69 Å². The molecule has 0 amide bonds. The summed E-state index contributed by atoms with van der Waals surface area (Å²) in [6.07, 6.45) is 0.747. The maximum absolute atomic E-state index is 10.9. The smallest absolute Gasteiger partial charge is 0.272 e. The molecule has 1 heterocycles. The van der Waals surface area contributed by atoms with E-state index >= 15 is 0 Å². The fraction of sp³-hybridized carbons (Fsp3) is 0.500. The van der Waals surface area contributed by atoms with E-state index in [1.165, 1.54) is 0 Å². The van der Waals surface area contributed by atoms with Crippen LogP contribution in [0.1, 0.15) is 5.56 Å². The minimum atomic E-state index is -0.299. The summed E-state index contributed by atoms with van der Waals surface area (Å²) in [7, 11) is 0. The first-order chi connectivity index (χ1) is 8.27. The Kier molecular flexibility index (Phi) is 4.06. The lowest BCUT2D eigenvalue weighted by Crippen LogP contribution is -2.44. The highest BCUT2D eigenvalue weighted by atomic mass is 16.6. The molecule has 1 aromatic rings. The standard InChI is InChI=1S/C12H17N3O2/c16-15(17)12-4-2-1-3-11(12)5-8-14-9-6-13-7-10-14/h1-4,13H,5-10H2. The highest BCUT2D eigenvalue weighted by molar-refractivity contribution is 5.39. The Bertz CT molecular complexity index is 389. The Morgan fingerprint density at radius 2 is 2.00 bits per heavy atom. The van der Waals surface area contributed by atoms with Crippen LogP contribution in [0, 0.1) is 10.1 Å². The zero-order valence-electron chi connectivity index (χ0n) is 9.76. The minimum absolute atomic E-state index is 0.239. The average Bonchev–Trinajstić information content (AvgIpc) is 2.38. The monoisotopic (exact) mass is 235 g/mol. The summed E-state index contributed by atoms with van der Waals surface area (Å²) in [5.74, 6) is 0. The van der Waals surface area contributed by atoms with Gasteiger partial charge in [-0.25, -0.2) is 0 Å². The number of para-hydroxylation sites is 1. The van der Waals surface area contributed by atoms with Gasteiger partial charge < -0.3 is 10.2 Å². The molecule has 1 aliphatic rings. The molecule has 0 unspecified atom stereocenters. The fourth-order valence-electron chi connectivity index (χ4n) is 2.11. The number of hydrogen-bond donors (Lipinski definition) is 1. The van der Waals surface area contributed by atoms with Crippen LogP contribution in [0.2, 0.25) is 0 Å². The van der Waals surface area contributed by atoms with Crippen molar-refractivity contribution in [3.63, 3.8) is 0 Å². The highest BCUT2D eigenvalue weighted by Gasteiger charge is 2.14. The number of rotatable bonds is 4. The molecule has 0 bridgehead atoms. The fourth-order valence-corrected chi connectivity index (χ4v) is 2.11. The molecular weight excluding hydrogens is 218 g/mol. The maximum atomic E-state index is 10.9. The van der Waals surface area contributed by atoms with Gasteiger partial charge >= 0.3 is 0 Å². The van der Waals surface area contributed by atoms with Crippen molar-refractivity contribution in [3.8, 4) is 0 Å². The second-order valence-electron chi connectivity index (χ2n) is 4.23. The highest BCUT2D eigenvalue weighted by Crippen LogP contribution is 2.18. The second-order valence-corrected chi connectivity index (χ2v) is 4.23. The molecule has 1 saturated heterocycles. The molecule has 0 aromatic heterocycles. The lowest BCUT2D eigenvalue weighted by Gasteiger charge is -2.26. The number of piperazine rings is 1. The molecule has 1 aliphatic heterocycles. The van der Waals surface area contributed by atoms with Gasteiger partial charge in [0.2, 0.25) is 0 Å². The third-order valence-corrected chi connectivity index (χ3v) is 3.10. The molecule has 0 spiro atoms. The van der Waals surface area contributed by atoms with Crippen LogP contribution >= 0.6 is 0 Å². The Morgan fingerprint density at radius 1 is 1.29 bits per heavy atom. The summed E-state index contributed by atoms with van der Waals surface area (Å²) < 4.78 is 0. The van der Waals surface area contributed by atoms with Crippen LogP contribution in [0.15, 0.2) is 24.3 Å². The average molecular weight is 235 g/mol. The van der Waals surface area contributed by atoms with Crippen molar-refractivity contribution in [2.45, 2.75) is 6.42 Å². The van der Waals surface area contributed by atoms with Crippen molar-refractivity contribution in [2.75, 3.05) is 32.7 Å². The SMILES string of the molecule is O=[N+]([O-])c1ccccc1CCN1CCNCC1. The number of nitro benzene ring substituents is 1. The van der Waals surface area contributed by atoms with Crippen molar-refractivity contribution in [2.24, 2.45) is 0 Å². The van der Waals surface area contributed by atoms with E-state index in [4.69, 9.17) is 0 Å². The quantitative estimate of drug-likeness (QED) is 0.626. The molecule has 1 aromatic carbocycles. The predicted octanol–water partition coefficient (Wildman–Crippen LogP) is 1.04. The number of hydrogen-bond acceptors (Lipinski definition) is 4. The van der Waals surface area contributed by atoms with E-state index in [1.54, 1.807) is 12.1 Å². The van der Waals surface area contributed by atoms with Crippen molar-refractivity contribution in [3.05, 3.63) is 39.9 Å². The summed E-state index contributed by atoms with van der Waals surface area (Å²) in [6.45, 7) is 4.97. The molecular formula is C12H17N3O2. The summed E-state index contributed by atoms with van der Waals surface area (Å²) in [4.78, 5) is 12.9. The molecule has 2 rings (SSSR count). The van der Waals surface area contributed by atoms with Crippen LogP contribution in [0.5, 0.6) is 0 Å². The van der Waals surface area contributed by atoms with Crippen LogP contribution < -0.4 is 5.32 Å². The van der Waals surface area contributed by atoms with Gasteiger partial charge in [-0.05, 0) is 6.42 Å². The Labute approximate surface area is 101 Å². The van der Waals surface area contributed by atoms with Crippen molar-refractivity contribution in [1.29, 1.82) is 0 Å². The molecule has 1 fully saturated rings. The second kappa shape index (κ2) is 5.75. The molecule has 5 nitrogen and oxygen atoms in total. The molecule has 0 radical (unpaired) electrons. The van der Waals surface area contributed by atoms with Crippen molar-refractivity contribution in [1.82, 2.24) is 10.2 Å². The summed E-state index contributed by atoms with van der Waals surface area (Å²) >= 11 is 0. The van der Waals surface area contributed by atoms with Crippen LogP contribution in [0.3, 0.4) is 0 Å². The first kappa shape index (κ1) is 12.0. The van der Waals surface area contributed by atoms with E-state index in [9.17, 15) is 10.1 Å². The number of nitrogens with one attached hydrogen (secondary N) is 1. The lowest BCUT2D eigenvalue weighted by molar-refractivity contribution is -0.385. The lowest BCUT2D eigenvalue weighted by atomic mass is 10.1. The van der Waals surface area contributed by atoms with Gasteiger partial charge in [0.05, 0.1) is 4.92 Å². The maximum Gasteiger partial charge on any atom is 0.272 e. The van der Waals surface area contributed by atoms with Gasteiger partial charge in [0, 0.05) is 44.4 Å². The van der Waals surface area contributed by atoms with E-state index < -0.39 is 0 Å². The topological polar surface area (TPSA) is 58.4 Å². The Hall–Kier alpha value is -1.46. The first-order valence-corrected chi connectivity index (χ1v) is 5.93. The van der Waals surface area contributed by atoms with Gasteiger partial charge in [0.1, 0.15) is 0 Å². The molecule has 0 saturated carbocycles. The van der Waals surface area contributed by atoms with Gasteiger partial charge in [-0.15, -0.1) is 0 Å². The molecule has 1 N–H and O–H groups in total. The van der Waals surface area contributed by atoms with Crippen LogP contribution in [0.25, 0.3) is 0 Å². The largest absolute Gasteiger partial charge is 0.314 e. The summed E-state index contributed by atoms with van der Waals surface area (Å²) in [5.41, 5.74) is 1.07. The summed E-state index contributed by atoms with van der Waals surface area (Å²) in [5, 5.41) is 14.1. The molecule has 0 aliphatic carbocycles. The zero-order chi connectivity index (χ0) is 12.1. The molecule has 5 heteroatoms. The van der Waals surface area contributed by atoms with Gasteiger partial charge in [0.15, 0.2) is 0 Å². The van der Waals surface area contributed by atoms with E-state index in [2.05, 4.69) is 10.2 Å². The van der Waals surface area contributed by atoms with Gasteiger partial charge in [-0.2, -0.15) is 0 Å². The molecule has 0 atom stereocenters. The van der Waals surface area contributed by atoms with Crippen LogP contribution in [0.4, 0.5) is 5.69 Å². The first-order valence-electron chi connectivity index (χ1n) is 5.93. The molecule has 92 valence electrons. The Morgan fingerprint density at radius 3 is 2.71 bits per heavy atom. The minimum Gasteiger partial charge on any atom is -0.314 e. The van der Waals surface area contributed by atoms with E-state index in [0.29, 0.717) is 0 Å². The van der Waals surface area contributed by atoms with E-state index in [1.807, 2.05) is 12.1 Å². The van der Waals surface area contributed by atoms with Crippen molar-refractivity contribution >= 4 is 5.69 Å². The number of nitrogens with zero attached hydrogens (tertiary/aromatic N) is 2. The molecule has 17 heavy (non-hydrogen) atoms. The van der Waals surface area contributed by atoms with Crippen molar-refractivity contribution < 1.29 is 4.92 Å². The van der Waals surface area contributed by atoms with E-state index in [0.717, 1.165) is 44.7 Å². The third-order valence-electron chi connectivity index (χ3n) is 3.10.